The summed E-state index contributed by atoms with van der Waals surface area (Å²) in [6.07, 6.45) is 4.10. The summed E-state index contributed by atoms with van der Waals surface area (Å²) >= 11 is 0. The Kier molecular flexibility index (Phi) is 6.37. The number of carbonyl (C=O) groups excluding carboxylic acids is 1. The van der Waals surface area contributed by atoms with Crippen LogP contribution in [0, 0.1) is 6.92 Å². The van der Waals surface area contributed by atoms with Crippen LogP contribution in [0.3, 0.4) is 0 Å². The van der Waals surface area contributed by atoms with Crippen molar-refractivity contribution < 1.29 is 13.7 Å². The molecule has 3 rings (SSSR count). The number of hydrogen-bond donors (Lipinski definition) is 0. The molecule has 0 saturated carbocycles. The summed E-state index contributed by atoms with van der Waals surface area (Å²) < 4.78 is 10.1. The molecule has 0 unspecified atom stereocenters. The Hall–Kier alpha value is -3.22. The first-order valence-electron chi connectivity index (χ1n) is 9.23. The molecule has 0 N–H and O–H groups in total. The van der Waals surface area contributed by atoms with Gasteiger partial charge in [-0.3, -0.25) is 4.79 Å². The van der Waals surface area contributed by atoms with Gasteiger partial charge in [-0.25, -0.2) is 4.79 Å². The maximum atomic E-state index is 12.7. The lowest BCUT2D eigenvalue weighted by molar-refractivity contribution is 0.0790. The highest BCUT2D eigenvalue weighted by molar-refractivity contribution is 5.94. The number of benzene rings is 1. The zero-order chi connectivity index (χ0) is 19.9. The molecular formula is C21H23N3O4. The SMILES string of the molecule is Cc1cc(CCCc2ccccc2)oc(=O)c1C(=O)N(C)CCc1ncon1. The van der Waals surface area contributed by atoms with Gasteiger partial charge in [0.2, 0.25) is 6.39 Å². The minimum Gasteiger partial charge on any atom is -0.427 e. The molecule has 2 heterocycles. The fourth-order valence-electron chi connectivity index (χ4n) is 3.03. The van der Waals surface area contributed by atoms with Gasteiger partial charge in [-0.1, -0.05) is 35.5 Å². The second-order valence-corrected chi connectivity index (χ2v) is 6.72. The first-order chi connectivity index (χ1) is 13.5. The first-order valence-corrected chi connectivity index (χ1v) is 9.23. The minimum atomic E-state index is -0.592. The van der Waals surface area contributed by atoms with E-state index in [1.807, 2.05) is 18.2 Å². The normalized spacial score (nSPS) is 10.8. The van der Waals surface area contributed by atoms with Gasteiger partial charge in [0.1, 0.15) is 11.3 Å². The van der Waals surface area contributed by atoms with Gasteiger partial charge in [0.05, 0.1) is 0 Å². The topological polar surface area (TPSA) is 89.4 Å². The third kappa shape index (κ3) is 4.94. The number of nitrogens with zero attached hydrogens (tertiary/aromatic N) is 3. The maximum absolute atomic E-state index is 12.7. The molecule has 0 saturated heterocycles. The Labute approximate surface area is 163 Å². The number of carbonyl (C=O) groups is 1. The van der Waals surface area contributed by atoms with Crippen LogP contribution in [0.15, 0.2) is 56.5 Å². The van der Waals surface area contributed by atoms with Gasteiger partial charge in [0, 0.05) is 26.4 Å². The maximum Gasteiger partial charge on any atom is 0.349 e. The molecular weight excluding hydrogens is 358 g/mol. The summed E-state index contributed by atoms with van der Waals surface area (Å²) in [6.45, 7) is 2.13. The monoisotopic (exact) mass is 381 g/mol. The van der Waals surface area contributed by atoms with Crippen LogP contribution in [-0.4, -0.2) is 34.5 Å². The number of likely N-dealkylation sites (N-methyl/N-ethyl adjacent to an activating group) is 1. The molecule has 0 atom stereocenters. The fourth-order valence-corrected chi connectivity index (χ4v) is 3.03. The molecule has 7 nitrogen and oxygen atoms in total. The van der Waals surface area contributed by atoms with E-state index in [0.29, 0.717) is 36.5 Å². The van der Waals surface area contributed by atoms with Crippen molar-refractivity contribution in [1.29, 1.82) is 0 Å². The smallest absolute Gasteiger partial charge is 0.349 e. The second kappa shape index (κ2) is 9.12. The molecule has 0 aliphatic carbocycles. The van der Waals surface area contributed by atoms with Crippen molar-refractivity contribution in [3.05, 3.63) is 81.5 Å². The molecule has 0 bridgehead atoms. The van der Waals surface area contributed by atoms with E-state index in [0.717, 1.165) is 12.8 Å². The highest BCUT2D eigenvalue weighted by atomic mass is 16.5. The lowest BCUT2D eigenvalue weighted by atomic mass is 10.1. The molecule has 2 aromatic heterocycles. The van der Waals surface area contributed by atoms with Crippen molar-refractivity contribution >= 4 is 5.91 Å². The Bertz CT molecular complexity index is 965. The summed E-state index contributed by atoms with van der Waals surface area (Å²) in [5.41, 5.74) is 1.35. The van der Waals surface area contributed by atoms with Crippen LogP contribution in [0.4, 0.5) is 0 Å². The largest absolute Gasteiger partial charge is 0.427 e. The minimum absolute atomic E-state index is 0.0717. The molecule has 1 amide bonds. The van der Waals surface area contributed by atoms with Gasteiger partial charge in [-0.05, 0) is 37.0 Å². The fraction of sp³-hybridized carbons (Fsp3) is 0.333. The van der Waals surface area contributed by atoms with Crippen LogP contribution < -0.4 is 5.63 Å². The third-order valence-corrected chi connectivity index (χ3v) is 4.57. The summed E-state index contributed by atoms with van der Waals surface area (Å²) in [4.78, 5) is 30.5. The van der Waals surface area contributed by atoms with Crippen LogP contribution in [0.2, 0.25) is 0 Å². The highest BCUT2D eigenvalue weighted by Gasteiger charge is 2.20. The Morgan fingerprint density at radius 1 is 1.14 bits per heavy atom. The Balaban J connectivity index is 1.62. The lowest BCUT2D eigenvalue weighted by Gasteiger charge is -2.17. The van der Waals surface area contributed by atoms with Gasteiger partial charge < -0.3 is 13.8 Å². The zero-order valence-corrected chi connectivity index (χ0v) is 16.1. The second-order valence-electron chi connectivity index (χ2n) is 6.72. The van der Waals surface area contributed by atoms with E-state index < -0.39 is 5.63 Å². The van der Waals surface area contributed by atoms with Crippen molar-refractivity contribution in [2.75, 3.05) is 13.6 Å². The van der Waals surface area contributed by atoms with Crippen LogP contribution in [0.5, 0.6) is 0 Å². The summed E-state index contributed by atoms with van der Waals surface area (Å²) in [6, 6.07) is 11.9. The summed E-state index contributed by atoms with van der Waals surface area (Å²) in [5, 5.41) is 3.71. The van der Waals surface area contributed by atoms with Crippen molar-refractivity contribution in [2.45, 2.75) is 32.6 Å². The van der Waals surface area contributed by atoms with Crippen molar-refractivity contribution in [1.82, 2.24) is 15.0 Å². The quantitative estimate of drug-likeness (QED) is 0.596. The molecule has 1 aromatic carbocycles. The van der Waals surface area contributed by atoms with Crippen molar-refractivity contribution in [3.8, 4) is 0 Å². The third-order valence-electron chi connectivity index (χ3n) is 4.57. The number of hydrogen-bond acceptors (Lipinski definition) is 6. The van der Waals surface area contributed by atoms with Crippen LogP contribution in [0.25, 0.3) is 0 Å². The van der Waals surface area contributed by atoms with Crippen LogP contribution >= 0.6 is 0 Å². The number of aromatic nitrogens is 2. The molecule has 146 valence electrons. The van der Waals surface area contributed by atoms with Gasteiger partial charge in [0.15, 0.2) is 5.82 Å². The standard InChI is InChI=1S/C21H23N3O4/c1-15-13-17(10-6-9-16-7-4-3-5-8-16)28-21(26)19(15)20(25)24(2)12-11-18-22-14-27-23-18/h3-5,7-8,13-14H,6,9-12H2,1-2H3. The van der Waals surface area contributed by atoms with E-state index in [2.05, 4.69) is 26.8 Å². The average Bonchev–Trinajstić information content (AvgIpc) is 3.20. The molecule has 0 fully saturated rings. The molecule has 7 heteroatoms. The van der Waals surface area contributed by atoms with E-state index in [4.69, 9.17) is 4.42 Å². The molecule has 28 heavy (non-hydrogen) atoms. The van der Waals surface area contributed by atoms with Gasteiger partial charge in [-0.2, -0.15) is 4.98 Å². The van der Waals surface area contributed by atoms with Gasteiger partial charge in [0.25, 0.3) is 5.91 Å². The van der Waals surface area contributed by atoms with E-state index in [1.54, 1.807) is 20.0 Å². The summed E-state index contributed by atoms with van der Waals surface area (Å²) in [7, 11) is 1.63. The predicted octanol–water partition coefficient (Wildman–Crippen LogP) is 2.82. The molecule has 0 radical (unpaired) electrons. The van der Waals surface area contributed by atoms with E-state index in [-0.39, 0.29) is 11.5 Å². The van der Waals surface area contributed by atoms with Crippen LogP contribution in [0.1, 0.15) is 39.5 Å². The lowest BCUT2D eigenvalue weighted by Crippen LogP contribution is -2.33. The number of aryl methyl sites for hydroxylation is 3. The average molecular weight is 381 g/mol. The van der Waals surface area contributed by atoms with E-state index >= 15 is 0 Å². The van der Waals surface area contributed by atoms with Crippen LogP contribution in [-0.2, 0) is 19.3 Å². The molecule has 0 spiro atoms. The molecule has 0 aliphatic heterocycles. The van der Waals surface area contributed by atoms with Crippen molar-refractivity contribution in [2.24, 2.45) is 0 Å². The Morgan fingerprint density at radius 2 is 1.93 bits per heavy atom. The van der Waals surface area contributed by atoms with E-state index in [9.17, 15) is 9.59 Å². The van der Waals surface area contributed by atoms with Gasteiger partial charge in [-0.15, -0.1) is 0 Å². The molecule has 0 aliphatic rings. The number of rotatable bonds is 8. The van der Waals surface area contributed by atoms with Crippen molar-refractivity contribution in [3.63, 3.8) is 0 Å². The molecule has 3 aromatic rings. The number of amides is 1. The zero-order valence-electron chi connectivity index (χ0n) is 16.1. The first kappa shape index (κ1) is 19.5. The summed E-state index contributed by atoms with van der Waals surface area (Å²) in [5.74, 6) is 0.743. The van der Waals surface area contributed by atoms with E-state index in [1.165, 1.54) is 16.9 Å². The Morgan fingerprint density at radius 3 is 2.61 bits per heavy atom. The predicted molar refractivity (Wildman–Crippen MR) is 103 cm³/mol. The highest BCUT2D eigenvalue weighted by Crippen LogP contribution is 2.12. The van der Waals surface area contributed by atoms with Gasteiger partial charge >= 0.3 is 5.63 Å².